The van der Waals surface area contributed by atoms with Crippen LogP contribution in [-0.4, -0.2) is 38.0 Å². The van der Waals surface area contributed by atoms with Crippen LogP contribution in [-0.2, 0) is 21.4 Å². The molecule has 0 saturated carbocycles. The van der Waals surface area contributed by atoms with Crippen molar-refractivity contribution in [3.05, 3.63) is 47.9 Å². The topological polar surface area (TPSA) is 125 Å². The van der Waals surface area contributed by atoms with Crippen molar-refractivity contribution in [3.8, 4) is 11.6 Å². The minimum atomic E-state index is -4.04. The fraction of sp³-hybridized carbons (Fsp3) is 0.167. The molecule has 2 aromatic heterocycles. The molecule has 0 aliphatic carbocycles. The Balaban J connectivity index is 1.82. The number of ether oxygens (including phenoxy) is 2. The van der Waals surface area contributed by atoms with Gasteiger partial charge in [-0.1, -0.05) is 12.1 Å². The van der Waals surface area contributed by atoms with E-state index in [-0.39, 0.29) is 52.4 Å². The Kier molecular flexibility index (Phi) is 4.25. The summed E-state index contributed by atoms with van der Waals surface area (Å²) in [6.45, 7) is -0.270. The number of nitrogens with zero attached hydrogens (tertiary/aromatic N) is 3. The predicted octanol–water partition coefficient (Wildman–Crippen LogP) is 1.35. The zero-order chi connectivity index (χ0) is 21.6. The molecule has 0 bridgehead atoms. The Morgan fingerprint density at radius 2 is 2.21 bits per heavy atom. The molecule has 1 amide bonds. The highest BCUT2D eigenvalue weighted by Crippen LogP contribution is 2.39. The van der Waals surface area contributed by atoms with Crippen molar-refractivity contribution in [2.45, 2.75) is 11.4 Å². The number of carbonyl (C=O) groups is 1. The number of methoxy groups -OCH3 is 1. The smallest absolute Gasteiger partial charge is 0.265 e. The van der Waals surface area contributed by atoms with E-state index >= 15 is 0 Å². The number of aromatic nitrogens is 2. The van der Waals surface area contributed by atoms with Gasteiger partial charge < -0.3 is 14.4 Å². The number of rotatable bonds is 4. The van der Waals surface area contributed by atoms with Crippen LogP contribution in [0.2, 0.25) is 0 Å². The molecule has 1 aromatic carbocycles. The normalized spacial score (nSPS) is 14.4. The molecule has 0 saturated heterocycles. The van der Waals surface area contributed by atoms with E-state index in [9.17, 15) is 17.6 Å². The maximum atomic E-state index is 14.3. The van der Waals surface area contributed by atoms with Gasteiger partial charge in [0.1, 0.15) is 0 Å². The van der Waals surface area contributed by atoms with Crippen LogP contribution in [0.5, 0.6) is 11.6 Å². The molecule has 1 aliphatic rings. The average molecular weight is 419 g/mol. The molecule has 9 nitrogen and oxygen atoms in total. The fourth-order valence-corrected chi connectivity index (χ4v) is 3.47. The van der Waals surface area contributed by atoms with Crippen molar-refractivity contribution in [3.63, 3.8) is 0 Å². The van der Waals surface area contributed by atoms with Gasteiger partial charge in [0.2, 0.25) is 10.0 Å². The Labute approximate surface area is 166 Å². The molecule has 0 unspecified atom stereocenters. The summed E-state index contributed by atoms with van der Waals surface area (Å²) >= 11 is 0. The molecule has 4 rings (SSSR count). The first-order valence-electron chi connectivity index (χ1n) is 8.78. The lowest BCUT2D eigenvalue weighted by Gasteiger charge is -2.30. The van der Waals surface area contributed by atoms with Crippen LogP contribution >= 0.6 is 0 Å². The number of pyridine rings is 2. The largest absolute Gasteiger partial charge is 0.480 e. The van der Waals surface area contributed by atoms with Crippen molar-refractivity contribution in [1.29, 1.82) is 0 Å². The van der Waals surface area contributed by atoms with Crippen molar-refractivity contribution in [2.75, 3.05) is 18.6 Å². The first-order chi connectivity index (χ1) is 14.2. The number of nitrogens with two attached hydrogens (primary N) is 1. The van der Waals surface area contributed by atoms with Gasteiger partial charge in [-0.3, -0.25) is 4.79 Å². The van der Waals surface area contributed by atoms with E-state index < -0.39 is 21.7 Å². The van der Waals surface area contributed by atoms with Gasteiger partial charge in [0, 0.05) is 0 Å². The molecule has 1 aliphatic heterocycles. The Hall–Kier alpha value is -3.31. The van der Waals surface area contributed by atoms with E-state index in [0.29, 0.717) is 5.56 Å². The Morgan fingerprint density at radius 3 is 2.90 bits per heavy atom. The van der Waals surface area contributed by atoms with Gasteiger partial charge in [0.25, 0.3) is 11.8 Å². The van der Waals surface area contributed by atoms with Crippen molar-refractivity contribution in [2.24, 2.45) is 5.14 Å². The van der Waals surface area contributed by atoms with E-state index in [1.54, 1.807) is 0 Å². The fourth-order valence-electron chi connectivity index (χ4n) is 2.99. The summed E-state index contributed by atoms with van der Waals surface area (Å²) < 4.78 is 55.5. The van der Waals surface area contributed by atoms with Gasteiger partial charge in [0.15, 0.2) is 23.8 Å². The van der Waals surface area contributed by atoms with Gasteiger partial charge in [-0.2, -0.15) is 4.98 Å². The van der Waals surface area contributed by atoms with Gasteiger partial charge in [-0.25, -0.2) is 22.9 Å². The van der Waals surface area contributed by atoms with Crippen LogP contribution in [0.15, 0.2) is 41.4 Å². The van der Waals surface area contributed by atoms with Crippen LogP contribution in [0.1, 0.15) is 6.93 Å². The zero-order valence-corrected chi connectivity index (χ0v) is 15.9. The molecule has 29 heavy (non-hydrogen) atoms. The number of halogens is 1. The second-order valence-electron chi connectivity index (χ2n) is 6.20. The highest BCUT2D eigenvalue weighted by Gasteiger charge is 2.29. The molecule has 0 fully saturated rings. The lowest BCUT2D eigenvalue weighted by Crippen LogP contribution is -2.38. The van der Waals surface area contributed by atoms with Crippen molar-refractivity contribution < 1.29 is 28.4 Å². The number of carbonyl (C=O) groups excluding carboxylic acids is 1. The average Bonchev–Trinajstić information content (AvgIpc) is 2.68. The van der Waals surface area contributed by atoms with Crippen molar-refractivity contribution in [1.82, 2.24) is 9.97 Å². The number of anilines is 1. The molecule has 0 atom stereocenters. The summed E-state index contributed by atoms with van der Waals surface area (Å²) in [5, 5.41) is 5.33. The maximum absolute atomic E-state index is 14.3. The first-order valence-corrected chi connectivity index (χ1v) is 9.82. The molecular weight excluding hydrogens is 403 g/mol. The minimum Gasteiger partial charge on any atom is -0.480 e. The molecule has 0 radical (unpaired) electrons. The standard InChI is InChI=1S/C18H15FN4O5S/c1-27-18-13(19)6-12-16-14(7-21-17(12)22-18)28-9-15(24)23(16)8-10-2-4-11(5-3-10)29(20,25)26/h2-7H,8-9H2,1H3,(H2,20,25,26)/i4D. The molecule has 11 heteroatoms. The molecule has 3 heterocycles. The summed E-state index contributed by atoms with van der Waals surface area (Å²) in [6.07, 6.45) is 1.38. The van der Waals surface area contributed by atoms with Gasteiger partial charge in [0.05, 0.1) is 37.2 Å². The van der Waals surface area contributed by atoms with Crippen LogP contribution in [0.3, 0.4) is 0 Å². The minimum absolute atomic E-state index is 0.0151. The Morgan fingerprint density at radius 1 is 1.41 bits per heavy atom. The molecule has 150 valence electrons. The number of benzene rings is 1. The predicted molar refractivity (Wildman–Crippen MR) is 101 cm³/mol. The number of primary sulfonamides is 1. The first kappa shape index (κ1) is 17.8. The second-order valence-corrected chi connectivity index (χ2v) is 7.73. The van der Waals surface area contributed by atoms with Crippen molar-refractivity contribution >= 4 is 32.7 Å². The van der Waals surface area contributed by atoms with E-state index in [1.807, 2.05) is 0 Å². The summed E-state index contributed by atoms with van der Waals surface area (Å²) in [6, 6.07) is 4.81. The second kappa shape index (κ2) is 6.94. The van der Waals surface area contributed by atoms with E-state index in [4.69, 9.17) is 16.0 Å². The number of sulfonamides is 1. The maximum Gasteiger partial charge on any atom is 0.265 e. The van der Waals surface area contributed by atoms with Gasteiger partial charge in [-0.05, 0) is 23.7 Å². The lowest BCUT2D eigenvalue weighted by atomic mass is 10.1. The SMILES string of the molecule is [2H]c1cc(CN2C(=O)COc3cnc4nc(OC)c(F)cc4c32)ccc1S(N)(=O)=O. The molecule has 0 spiro atoms. The quantitative estimate of drug-likeness (QED) is 0.677. The summed E-state index contributed by atoms with van der Waals surface area (Å²) in [5.74, 6) is -1.11. The van der Waals surface area contributed by atoms with E-state index in [2.05, 4.69) is 9.97 Å². The highest BCUT2D eigenvalue weighted by atomic mass is 32.2. The third-order valence-corrected chi connectivity index (χ3v) is 5.19. The highest BCUT2D eigenvalue weighted by molar-refractivity contribution is 7.89. The monoisotopic (exact) mass is 419 g/mol. The van der Waals surface area contributed by atoms with E-state index in [1.165, 1.54) is 36.4 Å². The molecular formula is C18H15FN4O5S. The number of fused-ring (bicyclic) bond motifs is 3. The third-order valence-electron chi connectivity index (χ3n) is 4.33. The van der Waals surface area contributed by atoms with Gasteiger partial charge in [-0.15, -0.1) is 0 Å². The zero-order valence-electron chi connectivity index (χ0n) is 16.0. The number of hydrogen-bond donors (Lipinski definition) is 1. The number of hydrogen-bond acceptors (Lipinski definition) is 7. The number of amides is 1. The van der Waals surface area contributed by atoms with Crippen LogP contribution < -0.4 is 19.5 Å². The van der Waals surface area contributed by atoms with E-state index in [0.717, 1.165) is 6.07 Å². The summed E-state index contributed by atoms with van der Waals surface area (Å²) in [5.41, 5.74) is 0.897. The lowest BCUT2D eigenvalue weighted by molar-refractivity contribution is -0.121. The van der Waals surface area contributed by atoms with Gasteiger partial charge >= 0.3 is 0 Å². The van der Waals surface area contributed by atoms with Crippen LogP contribution in [0.4, 0.5) is 10.1 Å². The van der Waals surface area contributed by atoms with Crippen LogP contribution in [0, 0.1) is 5.82 Å². The summed E-state index contributed by atoms with van der Waals surface area (Å²) in [4.78, 5) is 21.8. The van der Waals surface area contributed by atoms with Crippen LogP contribution in [0.25, 0.3) is 11.0 Å². The molecule has 3 aromatic rings. The Bertz CT molecular complexity index is 1300. The third kappa shape index (κ3) is 3.45. The molecule has 2 N–H and O–H groups in total. The summed E-state index contributed by atoms with van der Waals surface area (Å²) in [7, 11) is -2.77.